The zero-order valence-electron chi connectivity index (χ0n) is 20.3. The minimum absolute atomic E-state index is 0.361. The Morgan fingerprint density at radius 3 is 2.24 bits per heavy atom. The topological polar surface area (TPSA) is 72.9 Å². The van der Waals surface area contributed by atoms with Gasteiger partial charge in [0.25, 0.3) is 0 Å². The van der Waals surface area contributed by atoms with Crippen LogP contribution in [0.25, 0.3) is 22.0 Å². The Morgan fingerprint density at radius 1 is 0.970 bits per heavy atom. The minimum Gasteiger partial charge on any atom is -0.493 e. The molecular formula is C26H33N3O4. The smallest absolute Gasteiger partial charge is 0.412 e. The van der Waals surface area contributed by atoms with Gasteiger partial charge in [0.1, 0.15) is 0 Å². The van der Waals surface area contributed by atoms with E-state index in [1.165, 1.54) is 5.56 Å². The van der Waals surface area contributed by atoms with Crippen LogP contribution < -0.4 is 19.5 Å². The summed E-state index contributed by atoms with van der Waals surface area (Å²) in [6.07, 6.45) is 1.08. The van der Waals surface area contributed by atoms with Gasteiger partial charge in [0.15, 0.2) is 17.2 Å². The van der Waals surface area contributed by atoms with Gasteiger partial charge in [-0.3, -0.25) is 4.98 Å². The number of hydrogen-bond acceptors (Lipinski definition) is 6. The lowest BCUT2D eigenvalue weighted by atomic mass is 9.98. The molecule has 7 heteroatoms. The highest BCUT2D eigenvalue weighted by atomic mass is 16.6. The number of rotatable bonds is 9. The van der Waals surface area contributed by atoms with Gasteiger partial charge in [0.2, 0.25) is 0 Å². The lowest BCUT2D eigenvalue weighted by Gasteiger charge is -2.18. The van der Waals surface area contributed by atoms with E-state index < -0.39 is 6.09 Å². The van der Waals surface area contributed by atoms with Crippen LogP contribution >= 0.6 is 0 Å². The summed E-state index contributed by atoms with van der Waals surface area (Å²) >= 11 is 0. The summed E-state index contributed by atoms with van der Waals surface area (Å²) in [6.45, 7) is 11.4. The lowest BCUT2D eigenvalue weighted by Crippen LogP contribution is -2.36. The molecule has 33 heavy (non-hydrogen) atoms. The summed E-state index contributed by atoms with van der Waals surface area (Å²) in [5, 5.41) is 4.35. The van der Waals surface area contributed by atoms with Crippen LogP contribution in [0.4, 0.5) is 4.79 Å². The first-order valence-corrected chi connectivity index (χ1v) is 11.2. The molecule has 1 heterocycles. The molecule has 0 radical (unpaired) electrons. The molecule has 7 nitrogen and oxygen atoms in total. The van der Waals surface area contributed by atoms with E-state index in [1.807, 2.05) is 12.1 Å². The summed E-state index contributed by atoms with van der Waals surface area (Å²) in [6, 6.07) is 9.94. The fourth-order valence-corrected chi connectivity index (χ4v) is 3.91. The number of carbonyl (C=O) groups excluding carboxylic acids is 1. The number of pyridine rings is 1. The molecule has 176 valence electrons. The molecule has 3 rings (SSSR count). The Balaban J connectivity index is 2.00. The van der Waals surface area contributed by atoms with Crippen LogP contribution in [0.5, 0.6) is 17.2 Å². The fraction of sp³-hybridized carbons (Fsp3) is 0.385. The van der Waals surface area contributed by atoms with Crippen molar-refractivity contribution in [1.29, 1.82) is 0 Å². The number of aryl methyl sites for hydroxylation is 2. The van der Waals surface area contributed by atoms with Gasteiger partial charge in [0, 0.05) is 29.4 Å². The van der Waals surface area contributed by atoms with Gasteiger partial charge in [0.05, 0.1) is 26.1 Å². The first-order valence-electron chi connectivity index (χ1n) is 11.2. The van der Waals surface area contributed by atoms with E-state index in [9.17, 15) is 4.79 Å². The number of aromatic nitrogens is 1. The summed E-state index contributed by atoms with van der Waals surface area (Å²) in [5.74, 6) is 1.49. The number of ether oxygens (including phenoxy) is 3. The zero-order valence-corrected chi connectivity index (χ0v) is 20.3. The molecule has 0 saturated heterocycles. The maximum absolute atomic E-state index is 12.5. The Morgan fingerprint density at radius 2 is 1.64 bits per heavy atom. The van der Waals surface area contributed by atoms with E-state index in [0.29, 0.717) is 23.8 Å². The SMILES string of the molecule is CCN(CC)CCNC(=O)Oc1cnc(-c2ccc(C)cc2C)c2cc(OC)c(OC)cc12. The summed E-state index contributed by atoms with van der Waals surface area (Å²) in [7, 11) is 3.17. The van der Waals surface area contributed by atoms with Gasteiger partial charge in [-0.25, -0.2) is 4.79 Å². The number of nitrogens with one attached hydrogen (secondary N) is 1. The van der Waals surface area contributed by atoms with Gasteiger partial charge in [-0.15, -0.1) is 0 Å². The van der Waals surface area contributed by atoms with E-state index in [-0.39, 0.29) is 0 Å². The van der Waals surface area contributed by atoms with Gasteiger partial charge >= 0.3 is 6.09 Å². The number of hydrogen-bond donors (Lipinski definition) is 1. The van der Waals surface area contributed by atoms with E-state index in [4.69, 9.17) is 14.2 Å². The van der Waals surface area contributed by atoms with Crippen molar-refractivity contribution in [2.45, 2.75) is 27.7 Å². The van der Waals surface area contributed by atoms with Gasteiger partial charge in [-0.05, 0) is 44.6 Å². The maximum Gasteiger partial charge on any atom is 0.412 e. The molecule has 1 amide bonds. The third kappa shape index (κ3) is 5.54. The van der Waals surface area contributed by atoms with E-state index in [1.54, 1.807) is 20.4 Å². The molecule has 0 atom stereocenters. The van der Waals surface area contributed by atoms with Crippen molar-refractivity contribution >= 4 is 16.9 Å². The Kier molecular flexibility index (Phi) is 8.11. The van der Waals surface area contributed by atoms with Crippen LogP contribution in [0.3, 0.4) is 0 Å². The van der Waals surface area contributed by atoms with Crippen molar-refractivity contribution in [3.8, 4) is 28.5 Å². The second-order valence-electron chi connectivity index (χ2n) is 7.89. The molecule has 2 aromatic carbocycles. The Labute approximate surface area is 195 Å². The summed E-state index contributed by atoms with van der Waals surface area (Å²) < 4.78 is 16.7. The normalized spacial score (nSPS) is 11.0. The third-order valence-electron chi connectivity index (χ3n) is 5.79. The van der Waals surface area contributed by atoms with Crippen molar-refractivity contribution in [2.24, 2.45) is 0 Å². The van der Waals surface area contributed by atoms with E-state index >= 15 is 0 Å². The molecule has 1 aromatic heterocycles. The number of fused-ring (bicyclic) bond motifs is 1. The van der Waals surface area contributed by atoms with E-state index in [0.717, 1.165) is 47.2 Å². The average Bonchev–Trinajstić information content (AvgIpc) is 2.81. The van der Waals surface area contributed by atoms with E-state index in [2.05, 4.69) is 61.1 Å². The lowest BCUT2D eigenvalue weighted by molar-refractivity contribution is 0.198. The minimum atomic E-state index is -0.515. The predicted octanol–water partition coefficient (Wildman–Crippen LogP) is 4.97. The first kappa shape index (κ1) is 24.3. The average molecular weight is 452 g/mol. The van der Waals surface area contributed by atoms with Crippen molar-refractivity contribution in [1.82, 2.24) is 15.2 Å². The molecule has 0 fully saturated rings. The maximum atomic E-state index is 12.5. The number of likely N-dealkylation sites (N-methyl/N-ethyl adjacent to an activating group) is 1. The first-order chi connectivity index (χ1) is 15.9. The molecule has 0 bridgehead atoms. The van der Waals surface area contributed by atoms with Crippen LogP contribution in [0.1, 0.15) is 25.0 Å². The van der Waals surface area contributed by atoms with Crippen molar-refractivity contribution in [3.63, 3.8) is 0 Å². The standard InChI is InChI=1S/C26H33N3O4/c1-7-29(8-2)12-11-27-26(30)33-24-16-28-25(19-10-9-17(3)13-18(19)4)21-15-23(32-6)22(31-5)14-20(21)24/h9-10,13-16H,7-8,11-12H2,1-6H3,(H,27,30). The van der Waals surface area contributed by atoms with Crippen LogP contribution in [0.15, 0.2) is 36.5 Å². The van der Waals surface area contributed by atoms with Crippen LogP contribution in [-0.4, -0.2) is 56.4 Å². The van der Waals surface area contributed by atoms with Crippen LogP contribution in [-0.2, 0) is 0 Å². The zero-order chi connectivity index (χ0) is 24.0. The Bertz CT molecular complexity index is 1130. The summed E-state index contributed by atoms with van der Waals surface area (Å²) in [5.41, 5.74) is 4.09. The molecule has 1 N–H and O–H groups in total. The number of methoxy groups -OCH3 is 2. The van der Waals surface area contributed by atoms with Gasteiger partial charge in [-0.1, -0.05) is 37.6 Å². The molecule has 0 aliphatic carbocycles. The second-order valence-corrected chi connectivity index (χ2v) is 7.89. The summed E-state index contributed by atoms with van der Waals surface area (Å²) in [4.78, 5) is 19.4. The highest BCUT2D eigenvalue weighted by Gasteiger charge is 2.18. The van der Waals surface area contributed by atoms with Crippen LogP contribution in [0, 0.1) is 13.8 Å². The van der Waals surface area contributed by atoms with Crippen molar-refractivity contribution < 1.29 is 19.0 Å². The van der Waals surface area contributed by atoms with Crippen LogP contribution in [0.2, 0.25) is 0 Å². The molecule has 0 aliphatic rings. The highest BCUT2D eigenvalue weighted by molar-refractivity contribution is 6.01. The number of benzene rings is 2. The van der Waals surface area contributed by atoms with Crippen molar-refractivity contribution in [3.05, 3.63) is 47.7 Å². The monoisotopic (exact) mass is 451 g/mol. The quantitative estimate of drug-likeness (QED) is 0.495. The molecule has 0 aliphatic heterocycles. The number of nitrogens with zero attached hydrogens (tertiary/aromatic N) is 2. The number of carbonyl (C=O) groups is 1. The molecule has 0 spiro atoms. The largest absolute Gasteiger partial charge is 0.493 e. The molecular weight excluding hydrogens is 418 g/mol. The highest BCUT2D eigenvalue weighted by Crippen LogP contribution is 2.40. The number of amides is 1. The Hall–Kier alpha value is -3.32. The molecule has 3 aromatic rings. The third-order valence-corrected chi connectivity index (χ3v) is 5.79. The fourth-order valence-electron chi connectivity index (χ4n) is 3.91. The second kappa shape index (κ2) is 11.0. The molecule has 0 unspecified atom stereocenters. The van der Waals surface area contributed by atoms with Gasteiger partial charge < -0.3 is 24.4 Å². The van der Waals surface area contributed by atoms with Gasteiger partial charge in [-0.2, -0.15) is 0 Å². The van der Waals surface area contributed by atoms with Crippen molar-refractivity contribution in [2.75, 3.05) is 40.4 Å². The molecule has 0 saturated carbocycles. The predicted molar refractivity (Wildman–Crippen MR) is 132 cm³/mol.